The van der Waals surface area contributed by atoms with Crippen LogP contribution in [0.3, 0.4) is 0 Å². The predicted octanol–water partition coefficient (Wildman–Crippen LogP) is 2.11. The summed E-state index contributed by atoms with van der Waals surface area (Å²) < 4.78 is 0. The molecule has 0 aliphatic carbocycles. The van der Waals surface area contributed by atoms with Crippen LogP contribution in [-0.2, 0) is 4.79 Å². The minimum absolute atomic E-state index is 0.261. The van der Waals surface area contributed by atoms with Gasteiger partial charge in [0.2, 0.25) is 5.24 Å². The van der Waals surface area contributed by atoms with Crippen LogP contribution < -0.4 is 0 Å². The predicted molar refractivity (Wildman–Crippen MR) is 34.9 cm³/mol. The molecular formula is C6H9ClO. The second kappa shape index (κ2) is 4.85. The van der Waals surface area contributed by atoms with Gasteiger partial charge in [0.1, 0.15) is 0 Å². The highest BCUT2D eigenvalue weighted by atomic mass is 35.5. The van der Waals surface area contributed by atoms with Gasteiger partial charge in [-0.2, -0.15) is 0 Å². The van der Waals surface area contributed by atoms with Crippen molar-refractivity contribution in [2.45, 2.75) is 19.8 Å². The Labute approximate surface area is 54.3 Å². The van der Waals surface area contributed by atoms with Gasteiger partial charge in [0.15, 0.2) is 0 Å². The summed E-state index contributed by atoms with van der Waals surface area (Å²) in [5.41, 5.74) is 0. The Morgan fingerprint density at radius 1 is 1.75 bits per heavy atom. The van der Waals surface area contributed by atoms with Crippen molar-refractivity contribution in [3.8, 4) is 0 Å². The highest BCUT2D eigenvalue weighted by Crippen LogP contribution is 1.94. The Balaban J connectivity index is 3.05. The van der Waals surface area contributed by atoms with Crippen LogP contribution in [0.1, 0.15) is 19.8 Å². The molecule has 1 nitrogen and oxygen atoms in total. The molecule has 0 aromatic carbocycles. The van der Waals surface area contributed by atoms with Crippen LogP contribution in [0.4, 0.5) is 0 Å². The van der Waals surface area contributed by atoms with Gasteiger partial charge in [-0.3, -0.25) is 4.79 Å². The highest BCUT2D eigenvalue weighted by Gasteiger charge is 1.89. The Hall–Kier alpha value is -0.300. The number of hydrogen-bond donors (Lipinski definition) is 0. The van der Waals surface area contributed by atoms with Crippen molar-refractivity contribution < 1.29 is 4.79 Å². The third-order valence-corrected chi connectivity index (χ3v) is 0.932. The molecule has 0 heterocycles. The highest BCUT2D eigenvalue weighted by molar-refractivity contribution is 6.63. The van der Waals surface area contributed by atoms with Crippen LogP contribution in [-0.4, -0.2) is 5.24 Å². The summed E-state index contributed by atoms with van der Waals surface area (Å²) in [6.45, 7) is 1.92. The Morgan fingerprint density at radius 2 is 2.38 bits per heavy atom. The smallest absolute Gasteiger partial charge is 0.221 e. The molecule has 8 heavy (non-hydrogen) atoms. The molecule has 2 heteroatoms. The standard InChI is InChI=1S/C6H9ClO/c1-2-3-4-5-6(7)8/h2-3H,4-5H2,1H3/b3-2+. The SMILES string of the molecule is C/C=C/CCC(=O)Cl. The average molecular weight is 133 g/mol. The maximum Gasteiger partial charge on any atom is 0.221 e. The summed E-state index contributed by atoms with van der Waals surface area (Å²) in [6, 6.07) is 0. The van der Waals surface area contributed by atoms with Gasteiger partial charge in [-0.1, -0.05) is 12.2 Å². The van der Waals surface area contributed by atoms with Gasteiger partial charge in [0.25, 0.3) is 0 Å². The molecule has 0 amide bonds. The lowest BCUT2D eigenvalue weighted by atomic mass is 10.3. The first-order valence-electron chi connectivity index (χ1n) is 2.57. The maximum atomic E-state index is 10.1. The lowest BCUT2D eigenvalue weighted by molar-refractivity contribution is -0.111. The van der Waals surface area contributed by atoms with E-state index in [1.54, 1.807) is 0 Å². The molecule has 0 bridgehead atoms. The Kier molecular flexibility index (Phi) is 4.67. The van der Waals surface area contributed by atoms with Crippen molar-refractivity contribution in [2.24, 2.45) is 0 Å². The number of carbonyl (C=O) groups excluding carboxylic acids is 1. The van der Waals surface area contributed by atoms with Crippen molar-refractivity contribution in [1.29, 1.82) is 0 Å². The van der Waals surface area contributed by atoms with Crippen molar-refractivity contribution in [1.82, 2.24) is 0 Å². The van der Waals surface area contributed by atoms with Crippen molar-refractivity contribution in [3.63, 3.8) is 0 Å². The minimum Gasteiger partial charge on any atom is -0.281 e. The van der Waals surface area contributed by atoms with Gasteiger partial charge in [-0.25, -0.2) is 0 Å². The summed E-state index contributed by atoms with van der Waals surface area (Å²) in [4.78, 5) is 10.1. The molecule has 0 saturated carbocycles. The molecule has 46 valence electrons. The van der Waals surface area contributed by atoms with Crippen LogP contribution in [0.15, 0.2) is 12.2 Å². The van der Waals surface area contributed by atoms with E-state index in [1.807, 2.05) is 19.1 Å². The number of halogens is 1. The molecule has 0 spiro atoms. The van der Waals surface area contributed by atoms with Gasteiger partial charge in [-0.15, -0.1) is 0 Å². The molecule has 0 aromatic rings. The number of hydrogen-bond acceptors (Lipinski definition) is 1. The van der Waals surface area contributed by atoms with E-state index in [0.29, 0.717) is 6.42 Å². The van der Waals surface area contributed by atoms with Crippen LogP contribution in [0.2, 0.25) is 0 Å². The van der Waals surface area contributed by atoms with Crippen LogP contribution in [0.25, 0.3) is 0 Å². The third-order valence-electron chi connectivity index (χ3n) is 0.743. The fourth-order valence-corrected chi connectivity index (χ4v) is 0.473. The molecule has 0 radical (unpaired) electrons. The summed E-state index contributed by atoms with van der Waals surface area (Å²) >= 11 is 5.04. The normalized spacial score (nSPS) is 10.2. The first-order chi connectivity index (χ1) is 3.77. The Bertz CT molecular complexity index is 96.7. The van der Waals surface area contributed by atoms with E-state index >= 15 is 0 Å². The minimum atomic E-state index is -0.261. The third kappa shape index (κ3) is 5.70. The molecule has 0 unspecified atom stereocenters. The van der Waals surface area contributed by atoms with Crippen molar-refractivity contribution >= 4 is 16.8 Å². The lowest BCUT2D eigenvalue weighted by Gasteiger charge is -1.82. The van der Waals surface area contributed by atoms with Gasteiger partial charge < -0.3 is 0 Å². The molecule has 0 rings (SSSR count). The number of allylic oxidation sites excluding steroid dienone is 2. The summed E-state index contributed by atoms with van der Waals surface area (Å²) in [7, 11) is 0. The molecule has 0 aliphatic heterocycles. The van der Waals surface area contributed by atoms with Crippen molar-refractivity contribution in [2.75, 3.05) is 0 Å². The molecule has 0 aliphatic rings. The van der Waals surface area contributed by atoms with E-state index in [2.05, 4.69) is 0 Å². The average Bonchev–Trinajstić information content (AvgIpc) is 1.66. The van der Waals surface area contributed by atoms with Crippen LogP contribution in [0.5, 0.6) is 0 Å². The second-order valence-corrected chi connectivity index (χ2v) is 1.88. The van der Waals surface area contributed by atoms with E-state index in [9.17, 15) is 4.79 Å². The van der Waals surface area contributed by atoms with Crippen molar-refractivity contribution in [3.05, 3.63) is 12.2 Å². The van der Waals surface area contributed by atoms with Gasteiger partial charge >= 0.3 is 0 Å². The topological polar surface area (TPSA) is 17.1 Å². The number of carbonyl (C=O) groups is 1. The molecule has 0 aromatic heterocycles. The zero-order valence-electron chi connectivity index (χ0n) is 4.86. The first-order valence-corrected chi connectivity index (χ1v) is 2.94. The largest absolute Gasteiger partial charge is 0.281 e. The first kappa shape index (κ1) is 7.70. The van der Waals surface area contributed by atoms with E-state index in [1.165, 1.54) is 0 Å². The Morgan fingerprint density at radius 3 is 2.75 bits per heavy atom. The van der Waals surface area contributed by atoms with Gasteiger partial charge in [0.05, 0.1) is 0 Å². The monoisotopic (exact) mass is 132 g/mol. The van der Waals surface area contributed by atoms with E-state index in [-0.39, 0.29) is 5.24 Å². The summed E-state index contributed by atoms with van der Waals surface area (Å²) in [5.74, 6) is 0. The molecule has 0 N–H and O–H groups in total. The molecule has 0 fully saturated rings. The van der Waals surface area contributed by atoms with E-state index in [0.717, 1.165) is 6.42 Å². The second-order valence-electron chi connectivity index (χ2n) is 1.46. The fraction of sp³-hybridized carbons (Fsp3) is 0.500. The van der Waals surface area contributed by atoms with E-state index in [4.69, 9.17) is 11.6 Å². The van der Waals surface area contributed by atoms with Crippen LogP contribution in [0, 0.1) is 0 Å². The van der Waals surface area contributed by atoms with Gasteiger partial charge in [-0.05, 0) is 24.9 Å². The fourth-order valence-electron chi connectivity index (χ4n) is 0.363. The summed E-state index contributed by atoms with van der Waals surface area (Å²) in [6.07, 6.45) is 5.03. The quantitative estimate of drug-likeness (QED) is 0.425. The zero-order valence-corrected chi connectivity index (χ0v) is 5.61. The van der Waals surface area contributed by atoms with Gasteiger partial charge in [0, 0.05) is 6.42 Å². The summed E-state index contributed by atoms with van der Waals surface area (Å²) in [5, 5.41) is -0.261. The number of rotatable bonds is 3. The van der Waals surface area contributed by atoms with Crippen LogP contribution >= 0.6 is 11.6 Å². The molecule has 0 saturated heterocycles. The van der Waals surface area contributed by atoms with E-state index < -0.39 is 0 Å². The molecular weight excluding hydrogens is 124 g/mol. The zero-order chi connectivity index (χ0) is 6.41. The maximum absolute atomic E-state index is 10.1. The molecule has 0 atom stereocenters. The lowest BCUT2D eigenvalue weighted by Crippen LogP contribution is -1.81.